The summed E-state index contributed by atoms with van der Waals surface area (Å²) >= 11 is 6.08. The van der Waals surface area contributed by atoms with Crippen LogP contribution in [0, 0.1) is 18.6 Å². The molecule has 0 fully saturated rings. The molecule has 110 valence electrons. The van der Waals surface area contributed by atoms with Crippen LogP contribution in [0.1, 0.15) is 10.4 Å². The summed E-state index contributed by atoms with van der Waals surface area (Å²) in [6.07, 6.45) is -3.86. The fourth-order valence-corrected chi connectivity index (χ4v) is 3.15. The third-order valence-corrected chi connectivity index (χ3v) is 4.44. The molecule has 0 aromatic carbocycles. The van der Waals surface area contributed by atoms with E-state index < -0.39 is 24.5 Å². The number of rotatable bonds is 3. The van der Waals surface area contributed by atoms with Crippen molar-refractivity contribution in [3.05, 3.63) is 25.6 Å². The SMILES string of the molecule is Cc1sc2[nH]c(=S)n(CC(F)(F)C(F)F)c(=O)c2c1C. The van der Waals surface area contributed by atoms with Gasteiger partial charge in [-0.15, -0.1) is 11.3 Å². The Morgan fingerprint density at radius 1 is 1.40 bits per heavy atom. The van der Waals surface area contributed by atoms with E-state index in [2.05, 4.69) is 4.98 Å². The average molecular weight is 326 g/mol. The zero-order valence-corrected chi connectivity index (χ0v) is 12.1. The van der Waals surface area contributed by atoms with Crippen LogP contribution >= 0.6 is 23.6 Å². The summed E-state index contributed by atoms with van der Waals surface area (Å²) in [6, 6.07) is 0. The van der Waals surface area contributed by atoms with Gasteiger partial charge in [0.05, 0.1) is 11.9 Å². The van der Waals surface area contributed by atoms with Crippen molar-refractivity contribution < 1.29 is 17.6 Å². The Labute approximate surface area is 119 Å². The average Bonchev–Trinajstić information content (AvgIpc) is 2.60. The van der Waals surface area contributed by atoms with E-state index in [1.807, 2.05) is 0 Å². The normalized spacial score (nSPS) is 12.6. The van der Waals surface area contributed by atoms with Crippen molar-refractivity contribution in [2.24, 2.45) is 0 Å². The molecule has 0 spiro atoms. The van der Waals surface area contributed by atoms with E-state index >= 15 is 0 Å². The quantitative estimate of drug-likeness (QED) is 0.691. The van der Waals surface area contributed by atoms with Crippen LogP contribution in [0.3, 0.4) is 0 Å². The topological polar surface area (TPSA) is 37.8 Å². The molecule has 20 heavy (non-hydrogen) atoms. The maximum atomic E-state index is 13.1. The van der Waals surface area contributed by atoms with Crippen molar-refractivity contribution in [2.45, 2.75) is 32.7 Å². The van der Waals surface area contributed by atoms with Crippen molar-refractivity contribution in [3.8, 4) is 0 Å². The molecule has 0 amide bonds. The minimum absolute atomic E-state index is 0.214. The Morgan fingerprint density at radius 2 is 2.00 bits per heavy atom. The molecule has 9 heteroatoms. The Balaban J connectivity index is 2.69. The summed E-state index contributed by atoms with van der Waals surface area (Å²) in [4.78, 5) is 16.1. The fourth-order valence-electron chi connectivity index (χ4n) is 1.79. The van der Waals surface area contributed by atoms with E-state index in [0.717, 1.165) is 4.88 Å². The molecule has 0 saturated carbocycles. The molecular formula is C11H10F4N2OS2. The van der Waals surface area contributed by atoms with E-state index in [1.165, 1.54) is 11.3 Å². The van der Waals surface area contributed by atoms with Gasteiger partial charge < -0.3 is 4.98 Å². The smallest absolute Gasteiger partial charge is 0.323 e. The van der Waals surface area contributed by atoms with Crippen LogP contribution in [0.4, 0.5) is 17.6 Å². The first-order chi connectivity index (χ1) is 9.15. The van der Waals surface area contributed by atoms with Crippen LogP contribution in [-0.4, -0.2) is 21.9 Å². The summed E-state index contributed by atoms with van der Waals surface area (Å²) in [5, 5.41) is 0.214. The van der Waals surface area contributed by atoms with E-state index in [-0.39, 0.29) is 10.2 Å². The Kier molecular flexibility index (Phi) is 3.76. The molecule has 0 unspecified atom stereocenters. The fraction of sp³-hybridized carbons (Fsp3) is 0.455. The number of hydrogen-bond acceptors (Lipinski definition) is 3. The third kappa shape index (κ3) is 2.39. The van der Waals surface area contributed by atoms with Gasteiger partial charge in [0.2, 0.25) is 0 Å². The van der Waals surface area contributed by atoms with Gasteiger partial charge >= 0.3 is 12.3 Å². The van der Waals surface area contributed by atoms with Crippen LogP contribution in [0.2, 0.25) is 0 Å². The lowest BCUT2D eigenvalue weighted by Crippen LogP contribution is -2.37. The number of hydrogen-bond donors (Lipinski definition) is 1. The highest BCUT2D eigenvalue weighted by Gasteiger charge is 2.41. The van der Waals surface area contributed by atoms with E-state index in [1.54, 1.807) is 13.8 Å². The Bertz CT molecular complexity index is 775. The van der Waals surface area contributed by atoms with Gasteiger partial charge in [0, 0.05) is 4.88 Å². The minimum atomic E-state index is -4.31. The summed E-state index contributed by atoms with van der Waals surface area (Å²) in [5.41, 5.74) is -0.138. The number of H-pyrrole nitrogens is 1. The molecule has 2 heterocycles. The lowest BCUT2D eigenvalue weighted by atomic mass is 10.2. The number of aromatic amines is 1. The third-order valence-electron chi connectivity index (χ3n) is 3.00. The molecule has 0 atom stereocenters. The van der Waals surface area contributed by atoms with Gasteiger partial charge in [-0.25, -0.2) is 8.78 Å². The van der Waals surface area contributed by atoms with Crippen LogP contribution in [0.5, 0.6) is 0 Å². The Hall–Kier alpha value is -1.22. The maximum Gasteiger partial charge on any atom is 0.325 e. The largest absolute Gasteiger partial charge is 0.325 e. The maximum absolute atomic E-state index is 13.1. The highest BCUT2D eigenvalue weighted by Crippen LogP contribution is 2.27. The zero-order chi connectivity index (χ0) is 15.2. The number of thiophene rings is 1. The van der Waals surface area contributed by atoms with Crippen LogP contribution < -0.4 is 5.56 Å². The van der Waals surface area contributed by atoms with Crippen molar-refractivity contribution in [1.29, 1.82) is 0 Å². The van der Waals surface area contributed by atoms with Crippen molar-refractivity contribution in [1.82, 2.24) is 9.55 Å². The summed E-state index contributed by atoms with van der Waals surface area (Å²) in [7, 11) is 0. The van der Waals surface area contributed by atoms with Gasteiger partial charge in [-0.1, -0.05) is 0 Å². The first-order valence-corrected chi connectivity index (χ1v) is 6.76. The molecule has 2 rings (SSSR count). The first-order valence-electron chi connectivity index (χ1n) is 5.54. The zero-order valence-electron chi connectivity index (χ0n) is 10.5. The molecule has 0 aliphatic rings. The van der Waals surface area contributed by atoms with Gasteiger partial charge in [-0.05, 0) is 31.6 Å². The number of aryl methyl sites for hydroxylation is 2. The molecule has 2 aromatic rings. The van der Waals surface area contributed by atoms with Crippen LogP contribution in [0.15, 0.2) is 4.79 Å². The monoisotopic (exact) mass is 326 g/mol. The second-order valence-corrected chi connectivity index (χ2v) is 5.98. The standard InChI is InChI=1S/C11H10F4N2OS2/c1-4-5(2)20-7-6(4)8(18)17(10(19)16-7)3-11(14,15)9(12)13/h9H,3H2,1-2H3,(H,16,19). The second-order valence-electron chi connectivity index (χ2n) is 4.37. The number of aromatic nitrogens is 2. The minimum Gasteiger partial charge on any atom is -0.323 e. The van der Waals surface area contributed by atoms with Crippen molar-refractivity contribution in [2.75, 3.05) is 0 Å². The number of fused-ring (bicyclic) bond motifs is 1. The van der Waals surface area contributed by atoms with Crippen molar-refractivity contribution >= 4 is 33.8 Å². The molecule has 3 nitrogen and oxygen atoms in total. The summed E-state index contributed by atoms with van der Waals surface area (Å²) < 4.78 is 51.0. The number of nitrogens with zero attached hydrogens (tertiary/aromatic N) is 1. The van der Waals surface area contributed by atoms with Crippen molar-refractivity contribution in [3.63, 3.8) is 0 Å². The van der Waals surface area contributed by atoms with Gasteiger partial charge in [0.15, 0.2) is 4.77 Å². The highest BCUT2D eigenvalue weighted by molar-refractivity contribution is 7.71. The van der Waals surface area contributed by atoms with Crippen LogP contribution in [-0.2, 0) is 6.54 Å². The molecule has 0 bridgehead atoms. The number of alkyl halides is 4. The molecule has 0 radical (unpaired) electrons. The lowest BCUT2D eigenvalue weighted by Gasteiger charge is -2.16. The summed E-state index contributed by atoms with van der Waals surface area (Å²) in [6.45, 7) is 2.00. The molecule has 0 saturated heterocycles. The highest BCUT2D eigenvalue weighted by atomic mass is 32.1. The van der Waals surface area contributed by atoms with Gasteiger partial charge in [0.1, 0.15) is 4.83 Å². The molecule has 1 N–H and O–H groups in total. The lowest BCUT2D eigenvalue weighted by molar-refractivity contribution is -0.138. The molecule has 2 aromatic heterocycles. The van der Waals surface area contributed by atoms with Crippen LogP contribution in [0.25, 0.3) is 10.2 Å². The molecule has 0 aliphatic heterocycles. The van der Waals surface area contributed by atoms with Gasteiger partial charge in [0.25, 0.3) is 5.56 Å². The van der Waals surface area contributed by atoms with E-state index in [9.17, 15) is 22.4 Å². The number of nitrogens with one attached hydrogen (secondary N) is 1. The van der Waals surface area contributed by atoms with Gasteiger partial charge in [-0.3, -0.25) is 9.36 Å². The predicted octanol–water partition coefficient (Wildman–Crippen LogP) is 3.64. The molecule has 0 aliphatic carbocycles. The van der Waals surface area contributed by atoms with E-state index in [4.69, 9.17) is 12.2 Å². The first kappa shape index (κ1) is 15.2. The Morgan fingerprint density at radius 3 is 2.55 bits per heavy atom. The van der Waals surface area contributed by atoms with Gasteiger partial charge in [-0.2, -0.15) is 8.78 Å². The number of halogens is 4. The van der Waals surface area contributed by atoms with E-state index in [0.29, 0.717) is 15.0 Å². The molecular weight excluding hydrogens is 316 g/mol. The summed E-state index contributed by atoms with van der Waals surface area (Å²) in [5.74, 6) is -4.31. The predicted molar refractivity (Wildman–Crippen MR) is 71.7 cm³/mol. The second kappa shape index (κ2) is 4.96.